The molecule has 30 heavy (non-hydrogen) atoms. The van der Waals surface area contributed by atoms with Crippen molar-refractivity contribution in [3.05, 3.63) is 56.5 Å². The monoisotopic (exact) mass is 448 g/mol. The van der Waals surface area contributed by atoms with E-state index in [1.807, 2.05) is 0 Å². The number of aromatic amines is 1. The first-order valence-corrected chi connectivity index (χ1v) is 10.3. The molecule has 2 aliphatic rings. The van der Waals surface area contributed by atoms with Gasteiger partial charge < -0.3 is 14.4 Å². The van der Waals surface area contributed by atoms with Crippen LogP contribution in [-0.2, 0) is 20.4 Å². The van der Waals surface area contributed by atoms with Gasteiger partial charge in [0.15, 0.2) is 18.3 Å². The van der Waals surface area contributed by atoms with E-state index in [-0.39, 0.29) is 16.9 Å². The van der Waals surface area contributed by atoms with Crippen LogP contribution in [0.5, 0.6) is 5.75 Å². The molecule has 12 heteroatoms. The van der Waals surface area contributed by atoms with Gasteiger partial charge in [0.2, 0.25) is 0 Å². The Balaban J connectivity index is 1.45. The average Bonchev–Trinajstić information content (AvgIpc) is 3.19. The molecule has 0 saturated carbocycles. The van der Waals surface area contributed by atoms with Crippen molar-refractivity contribution in [3.63, 3.8) is 0 Å². The van der Waals surface area contributed by atoms with Gasteiger partial charge in [0.05, 0.1) is 6.61 Å². The quantitative estimate of drug-likeness (QED) is 0.244. The average molecular weight is 448 g/mol. The first kappa shape index (κ1) is 21.2. The minimum absolute atomic E-state index is 0.0461. The summed E-state index contributed by atoms with van der Waals surface area (Å²) in [4.78, 5) is 14.2. The molecule has 1 fully saturated rings. The number of aliphatic hydroxyl groups is 1. The fourth-order valence-corrected chi connectivity index (χ4v) is 4.48. The van der Waals surface area contributed by atoms with Crippen molar-refractivity contribution in [2.75, 3.05) is 0 Å². The number of hydrogen-bond donors (Lipinski definition) is 2. The van der Waals surface area contributed by atoms with Gasteiger partial charge in [-0.05, 0) is 43.3 Å². The molecule has 0 amide bonds. The zero-order chi connectivity index (χ0) is 21.5. The molecule has 2 N–H and O–H groups in total. The molecule has 1 saturated heterocycles. The largest absolute Gasteiger partial charge is 0.426 e. The maximum absolute atomic E-state index is 13.3. The van der Waals surface area contributed by atoms with Crippen molar-refractivity contribution in [1.29, 1.82) is 0 Å². The Morgan fingerprint density at radius 3 is 3.07 bits per heavy atom. The predicted octanol–water partition coefficient (Wildman–Crippen LogP) is 2.37. The van der Waals surface area contributed by atoms with E-state index in [0.717, 1.165) is 0 Å². The van der Waals surface area contributed by atoms with E-state index in [1.165, 1.54) is 29.0 Å². The van der Waals surface area contributed by atoms with E-state index in [9.17, 15) is 14.3 Å². The number of hydrogen-bond acceptors (Lipinski definition) is 7. The number of fused-ring (bicyclic) bond motifs is 1. The van der Waals surface area contributed by atoms with Crippen LogP contribution in [0.2, 0.25) is 0 Å². The molecular weight excluding hydrogens is 433 g/mol. The van der Waals surface area contributed by atoms with Crippen molar-refractivity contribution in [3.8, 4) is 18.1 Å². The lowest BCUT2D eigenvalue weighted by atomic mass is 9.88. The van der Waals surface area contributed by atoms with Gasteiger partial charge in [-0.3, -0.25) is 23.4 Å². The standard InChI is InChI=1S/C18H15BFN2O6PS/c1-2-10-8-22(17(30)21-16(10)23)15-6-5-14(26-15)18(19,24)28-29-25-9-11-7-12(20)3-4-13(11)27-29/h1,3-4,7-8,14-15,24H,5-6,9H2,(H,21,23,30). The maximum Gasteiger partial charge on any atom is 0.399 e. The van der Waals surface area contributed by atoms with Gasteiger partial charge in [-0.1, -0.05) is 5.92 Å². The van der Waals surface area contributed by atoms with E-state index >= 15 is 0 Å². The van der Waals surface area contributed by atoms with Crippen molar-refractivity contribution < 1.29 is 27.8 Å². The SMILES string of the molecule is [B]C(O)(OP1OCc2cc(F)ccc2O1)C1CCC(n2cc(C#C)c(=O)[nH]c2=S)O1. The van der Waals surface area contributed by atoms with Crippen LogP contribution in [-0.4, -0.2) is 34.3 Å². The summed E-state index contributed by atoms with van der Waals surface area (Å²) in [5, 5.41) is 10.6. The third-order valence-corrected chi connectivity index (χ3v) is 6.07. The summed E-state index contributed by atoms with van der Waals surface area (Å²) in [6, 6.07) is 3.99. The molecule has 2 radical (unpaired) electrons. The van der Waals surface area contributed by atoms with E-state index in [4.69, 9.17) is 44.8 Å². The van der Waals surface area contributed by atoms with Gasteiger partial charge in [0.25, 0.3) is 5.56 Å². The lowest BCUT2D eigenvalue weighted by molar-refractivity contribution is -0.172. The summed E-state index contributed by atoms with van der Waals surface area (Å²) in [5.41, 5.74) is -2.08. The van der Waals surface area contributed by atoms with E-state index in [1.54, 1.807) is 0 Å². The third-order valence-electron chi connectivity index (χ3n) is 4.63. The third kappa shape index (κ3) is 4.21. The van der Waals surface area contributed by atoms with Crippen molar-refractivity contribution >= 4 is 28.7 Å². The van der Waals surface area contributed by atoms with E-state index in [2.05, 4.69) is 10.9 Å². The molecule has 3 heterocycles. The number of aromatic nitrogens is 2. The second-order valence-electron chi connectivity index (χ2n) is 6.69. The van der Waals surface area contributed by atoms with Crippen LogP contribution in [0.25, 0.3) is 0 Å². The molecule has 2 aliphatic heterocycles. The second-order valence-corrected chi connectivity index (χ2v) is 8.15. The van der Waals surface area contributed by atoms with Gasteiger partial charge in [0, 0.05) is 11.8 Å². The van der Waals surface area contributed by atoms with Crippen molar-refractivity contribution in [2.24, 2.45) is 0 Å². The number of rotatable bonds is 4. The molecule has 4 unspecified atom stereocenters. The molecule has 4 atom stereocenters. The summed E-state index contributed by atoms with van der Waals surface area (Å²) in [5.74, 6) is 2.25. The first-order valence-electron chi connectivity index (χ1n) is 8.84. The molecule has 0 spiro atoms. The van der Waals surface area contributed by atoms with Gasteiger partial charge in [-0.25, -0.2) is 4.39 Å². The molecule has 2 aromatic rings. The highest BCUT2D eigenvalue weighted by atomic mass is 32.1. The number of ether oxygens (including phenoxy) is 1. The summed E-state index contributed by atoms with van der Waals surface area (Å²) in [6.45, 7) is 0.0461. The van der Waals surface area contributed by atoms with Crippen molar-refractivity contribution in [2.45, 2.75) is 37.5 Å². The molecule has 1 aromatic heterocycles. The Labute approximate surface area is 178 Å². The summed E-state index contributed by atoms with van der Waals surface area (Å²) >= 11 is 5.16. The molecule has 4 rings (SSSR count). The van der Waals surface area contributed by atoms with Gasteiger partial charge in [0.1, 0.15) is 29.5 Å². The highest BCUT2D eigenvalue weighted by Crippen LogP contribution is 2.50. The van der Waals surface area contributed by atoms with Crippen LogP contribution in [0, 0.1) is 22.9 Å². The second kappa shape index (κ2) is 8.23. The van der Waals surface area contributed by atoms with E-state index in [0.29, 0.717) is 24.2 Å². The lowest BCUT2D eigenvalue weighted by Crippen LogP contribution is -2.44. The molecule has 1 aromatic carbocycles. The minimum Gasteiger partial charge on any atom is -0.426 e. The normalized spacial score (nSPS) is 25.0. The van der Waals surface area contributed by atoms with Gasteiger partial charge in [-0.15, -0.1) is 6.42 Å². The van der Waals surface area contributed by atoms with Crippen LogP contribution in [0.4, 0.5) is 4.39 Å². The van der Waals surface area contributed by atoms with Crippen LogP contribution in [0.1, 0.15) is 30.2 Å². The molecular formula is C18H15BFN2O6PS. The summed E-state index contributed by atoms with van der Waals surface area (Å²) < 4.78 is 37.1. The summed E-state index contributed by atoms with van der Waals surface area (Å²) in [6.07, 6.45) is 5.95. The number of benzene rings is 1. The number of nitrogens with zero attached hydrogens (tertiary/aromatic N) is 1. The fourth-order valence-electron chi connectivity index (χ4n) is 3.13. The van der Waals surface area contributed by atoms with Crippen LogP contribution >= 0.6 is 20.8 Å². The zero-order valence-corrected chi connectivity index (χ0v) is 17.1. The molecule has 8 nitrogen and oxygen atoms in total. The smallest absolute Gasteiger partial charge is 0.399 e. The Morgan fingerprint density at radius 2 is 2.30 bits per heavy atom. The summed E-state index contributed by atoms with van der Waals surface area (Å²) in [7, 11) is 3.90. The Morgan fingerprint density at radius 1 is 1.50 bits per heavy atom. The Kier molecular flexibility index (Phi) is 5.81. The number of terminal acetylenes is 1. The van der Waals surface area contributed by atoms with Crippen molar-refractivity contribution in [1.82, 2.24) is 9.55 Å². The molecule has 154 valence electrons. The number of H-pyrrole nitrogens is 1. The maximum atomic E-state index is 13.3. The lowest BCUT2D eigenvalue weighted by Gasteiger charge is -2.34. The van der Waals surface area contributed by atoms with Gasteiger partial charge in [-0.2, -0.15) is 0 Å². The topological polar surface area (TPSA) is 94.9 Å². The molecule has 0 bridgehead atoms. The Hall–Kier alpha value is -2.06. The highest BCUT2D eigenvalue weighted by Gasteiger charge is 2.43. The number of nitrogens with one attached hydrogen (secondary N) is 1. The minimum atomic E-state index is -2.22. The van der Waals surface area contributed by atoms with Crippen LogP contribution in [0.3, 0.4) is 0 Å². The Bertz CT molecular complexity index is 1130. The zero-order valence-electron chi connectivity index (χ0n) is 15.4. The molecule has 0 aliphatic carbocycles. The van der Waals surface area contributed by atoms with Crippen LogP contribution < -0.4 is 10.1 Å². The van der Waals surface area contributed by atoms with Crippen LogP contribution in [0.15, 0.2) is 29.2 Å². The van der Waals surface area contributed by atoms with Gasteiger partial charge >= 0.3 is 8.60 Å². The highest BCUT2D eigenvalue weighted by molar-refractivity contribution is 7.71. The number of halogens is 1. The first-order chi connectivity index (χ1) is 14.3. The van der Waals surface area contributed by atoms with E-state index < -0.39 is 38.0 Å². The fraction of sp³-hybridized carbons (Fsp3) is 0.333. The predicted molar refractivity (Wildman–Crippen MR) is 107 cm³/mol.